The van der Waals surface area contributed by atoms with Crippen molar-refractivity contribution >= 4 is 44.7 Å². The van der Waals surface area contributed by atoms with Crippen molar-refractivity contribution in [1.29, 1.82) is 0 Å². The second-order valence-electron chi connectivity index (χ2n) is 18.3. The minimum absolute atomic E-state index is 0.0330. The number of carbonyl (C=O) groups is 4. The standard InChI is InChI=1S/C43H59N5O10S/c1-27-35-30(31-23-29(15-16-32(31)44-27)56-22-12-21-55-6)17-18-42(57-35)25-34-36(49)46-43(38(51)47-59(53,54)41(5)19-20-41)24-28(43)13-10-8-7-9-11-14-33(37(50)48(34)26-42)45-39(52)58-40(2,3)4/h10,13,15-16,23,28,33-34H,7-9,11-12,14,17-22,24-26H2,1-6H3,(H,45,52)(H,46,49)(H,47,51)/b13-10-/t28-,33+,34+,42-,43-/m1/s1. The maximum atomic E-state index is 14.8. The molecule has 0 radical (unpaired) electrons. The Morgan fingerprint density at radius 3 is 2.59 bits per heavy atom. The smallest absolute Gasteiger partial charge is 0.408 e. The number of carbonyl (C=O) groups excluding carboxylic acids is 4. The number of alkyl carbamates (subject to hydrolysis) is 1. The fraction of sp³-hybridized carbons (Fsp3) is 0.651. The van der Waals surface area contributed by atoms with Gasteiger partial charge in [-0.15, -0.1) is 0 Å². The number of pyridine rings is 1. The van der Waals surface area contributed by atoms with E-state index in [1.807, 2.05) is 37.3 Å². The molecule has 2 aliphatic carbocycles. The topological polar surface area (TPSA) is 192 Å². The van der Waals surface area contributed by atoms with Crippen molar-refractivity contribution in [3.8, 4) is 11.5 Å². The molecule has 59 heavy (non-hydrogen) atoms. The monoisotopic (exact) mass is 837 g/mol. The Morgan fingerprint density at radius 1 is 1.08 bits per heavy atom. The Bertz CT molecular complexity index is 2130. The lowest BCUT2D eigenvalue weighted by Crippen LogP contribution is -2.58. The van der Waals surface area contributed by atoms with Crippen LogP contribution in [0.4, 0.5) is 4.79 Å². The quantitative estimate of drug-likeness (QED) is 0.230. The number of nitrogens with one attached hydrogen (secondary N) is 3. The Morgan fingerprint density at radius 2 is 1.86 bits per heavy atom. The van der Waals surface area contributed by atoms with Gasteiger partial charge in [0.25, 0.3) is 5.91 Å². The molecule has 2 aromatic rings. The van der Waals surface area contributed by atoms with Crippen LogP contribution in [0, 0.1) is 12.8 Å². The first-order valence-electron chi connectivity index (χ1n) is 21.0. The number of rotatable bonds is 9. The molecule has 3 fully saturated rings. The second kappa shape index (κ2) is 16.2. The van der Waals surface area contributed by atoms with Gasteiger partial charge < -0.3 is 34.5 Å². The summed E-state index contributed by atoms with van der Waals surface area (Å²) in [4.78, 5) is 63.0. The van der Waals surface area contributed by atoms with E-state index in [0.29, 0.717) is 75.4 Å². The molecule has 15 nitrogen and oxygen atoms in total. The molecule has 1 aromatic heterocycles. The van der Waals surface area contributed by atoms with Gasteiger partial charge in [0, 0.05) is 43.4 Å². The van der Waals surface area contributed by atoms with Gasteiger partial charge in [0.15, 0.2) is 0 Å². The van der Waals surface area contributed by atoms with Gasteiger partial charge in [-0.1, -0.05) is 25.0 Å². The van der Waals surface area contributed by atoms with E-state index in [2.05, 4.69) is 15.4 Å². The zero-order chi connectivity index (χ0) is 42.4. The number of allylic oxidation sites excluding steroid dienone is 1. The predicted molar refractivity (Wildman–Crippen MR) is 219 cm³/mol. The molecule has 322 valence electrons. The second-order valence-corrected chi connectivity index (χ2v) is 20.5. The maximum absolute atomic E-state index is 14.8. The summed E-state index contributed by atoms with van der Waals surface area (Å²) in [5.41, 5.74) is -0.922. The molecule has 5 aliphatic rings. The number of nitrogens with zero attached hydrogens (tertiary/aromatic N) is 2. The van der Waals surface area contributed by atoms with Crippen LogP contribution < -0.4 is 24.8 Å². The number of amides is 4. The summed E-state index contributed by atoms with van der Waals surface area (Å²) in [6, 6.07) is 3.67. The van der Waals surface area contributed by atoms with E-state index >= 15 is 0 Å². The van der Waals surface area contributed by atoms with Crippen molar-refractivity contribution < 1.29 is 46.5 Å². The maximum Gasteiger partial charge on any atom is 0.408 e. The summed E-state index contributed by atoms with van der Waals surface area (Å²) in [5.74, 6) is -1.000. The predicted octanol–water partition coefficient (Wildman–Crippen LogP) is 4.91. The Kier molecular flexibility index (Phi) is 11.7. The van der Waals surface area contributed by atoms with Gasteiger partial charge in [-0.3, -0.25) is 19.1 Å². The van der Waals surface area contributed by atoms with E-state index in [1.165, 1.54) is 4.90 Å². The third-order valence-corrected chi connectivity index (χ3v) is 14.6. The van der Waals surface area contributed by atoms with Crippen molar-refractivity contribution in [1.82, 2.24) is 25.2 Å². The first-order valence-corrected chi connectivity index (χ1v) is 22.5. The van der Waals surface area contributed by atoms with Gasteiger partial charge in [-0.2, -0.15) is 0 Å². The highest BCUT2D eigenvalue weighted by Crippen LogP contribution is 2.49. The zero-order valence-electron chi connectivity index (χ0n) is 35.1. The number of aryl methyl sites for hydroxylation is 2. The molecule has 1 saturated heterocycles. The molecular formula is C43H59N5O10S. The SMILES string of the molecule is COCCCOc1ccc2nc(C)c3c(c2c1)CC[C@]1(C[C@H]2C(=O)N[C@]4(C(=O)NS(=O)(=O)C5(C)CC5)C[C@H]4/C=C\CCCCC[C@H](NC(=O)OC(C)(C)C)C(=O)N2C1)O3. The van der Waals surface area contributed by atoms with Crippen LogP contribution in [0.15, 0.2) is 30.4 Å². The molecule has 4 heterocycles. The van der Waals surface area contributed by atoms with Crippen LogP contribution in [0.5, 0.6) is 11.5 Å². The molecule has 5 atom stereocenters. The van der Waals surface area contributed by atoms with Crippen LogP contribution in [-0.4, -0.2) is 103 Å². The molecule has 0 bridgehead atoms. The van der Waals surface area contributed by atoms with Gasteiger partial charge in [0.1, 0.15) is 40.3 Å². The zero-order valence-corrected chi connectivity index (χ0v) is 35.9. The fourth-order valence-corrected chi connectivity index (χ4v) is 9.92. The minimum Gasteiger partial charge on any atom is -0.493 e. The molecular weight excluding hydrogens is 779 g/mol. The lowest BCUT2D eigenvalue weighted by molar-refractivity contribution is -0.141. The van der Waals surface area contributed by atoms with E-state index in [1.54, 1.807) is 34.8 Å². The lowest BCUT2D eigenvalue weighted by atomic mass is 9.87. The highest BCUT2D eigenvalue weighted by molar-refractivity contribution is 7.91. The van der Waals surface area contributed by atoms with E-state index in [4.69, 9.17) is 23.9 Å². The van der Waals surface area contributed by atoms with Crippen molar-refractivity contribution in [2.45, 2.75) is 145 Å². The molecule has 2 saturated carbocycles. The molecule has 1 aromatic carbocycles. The number of fused-ring (bicyclic) bond motifs is 5. The summed E-state index contributed by atoms with van der Waals surface area (Å²) in [6.45, 7) is 9.81. The number of hydrogen-bond acceptors (Lipinski definition) is 11. The summed E-state index contributed by atoms with van der Waals surface area (Å²) >= 11 is 0. The number of ether oxygens (including phenoxy) is 4. The molecule has 1 spiro atoms. The van der Waals surface area contributed by atoms with Crippen molar-refractivity contribution in [3.05, 3.63) is 41.6 Å². The highest BCUT2D eigenvalue weighted by Gasteiger charge is 2.64. The number of methoxy groups -OCH3 is 1. The first kappa shape index (κ1) is 42.7. The molecule has 0 unspecified atom stereocenters. The average molecular weight is 838 g/mol. The van der Waals surface area contributed by atoms with Crippen LogP contribution in [-0.2, 0) is 40.3 Å². The normalized spacial score (nSPS) is 28.4. The highest BCUT2D eigenvalue weighted by atomic mass is 32.2. The Hall–Kier alpha value is -4.44. The molecule has 3 N–H and O–H groups in total. The van der Waals surface area contributed by atoms with Crippen LogP contribution in [0.1, 0.15) is 110 Å². The van der Waals surface area contributed by atoms with E-state index < -0.39 is 73.3 Å². The Balaban J connectivity index is 1.22. The van der Waals surface area contributed by atoms with Crippen LogP contribution in [0.3, 0.4) is 0 Å². The average Bonchev–Trinajstić information content (AvgIpc) is 4.06. The molecule has 3 aliphatic heterocycles. The summed E-state index contributed by atoms with van der Waals surface area (Å²) in [6.07, 6.45) is 9.25. The molecule has 4 amide bonds. The van der Waals surface area contributed by atoms with E-state index in [0.717, 1.165) is 35.7 Å². The fourth-order valence-electron chi connectivity index (χ4n) is 8.60. The van der Waals surface area contributed by atoms with Gasteiger partial charge in [-0.05, 0) is 104 Å². The third kappa shape index (κ3) is 9.03. The van der Waals surface area contributed by atoms with Gasteiger partial charge in [0.05, 0.1) is 29.1 Å². The van der Waals surface area contributed by atoms with Crippen molar-refractivity contribution in [2.24, 2.45) is 5.92 Å². The Labute approximate surface area is 346 Å². The molecule has 16 heteroatoms. The van der Waals surface area contributed by atoms with Crippen molar-refractivity contribution in [3.63, 3.8) is 0 Å². The van der Waals surface area contributed by atoms with E-state index in [9.17, 15) is 27.6 Å². The summed E-state index contributed by atoms with van der Waals surface area (Å²) in [7, 11) is -2.35. The number of sulfonamides is 1. The van der Waals surface area contributed by atoms with Gasteiger partial charge in [-0.25, -0.2) is 18.2 Å². The lowest BCUT2D eigenvalue weighted by Gasteiger charge is -2.36. The van der Waals surface area contributed by atoms with Crippen LogP contribution in [0.25, 0.3) is 10.9 Å². The summed E-state index contributed by atoms with van der Waals surface area (Å²) < 4.78 is 51.4. The summed E-state index contributed by atoms with van der Waals surface area (Å²) in [5, 5.41) is 6.65. The number of aromatic nitrogens is 1. The first-order chi connectivity index (χ1) is 27.9. The van der Waals surface area contributed by atoms with Crippen molar-refractivity contribution in [2.75, 3.05) is 26.9 Å². The van der Waals surface area contributed by atoms with Crippen LogP contribution in [0.2, 0.25) is 0 Å². The van der Waals surface area contributed by atoms with Gasteiger partial charge in [0.2, 0.25) is 21.8 Å². The number of hydrogen-bond donors (Lipinski definition) is 3. The minimum atomic E-state index is -4.00. The largest absolute Gasteiger partial charge is 0.493 e. The molecule has 7 rings (SSSR count). The number of benzene rings is 1. The third-order valence-electron chi connectivity index (χ3n) is 12.4. The van der Waals surface area contributed by atoms with Gasteiger partial charge >= 0.3 is 6.09 Å². The van der Waals surface area contributed by atoms with Crippen LogP contribution >= 0.6 is 0 Å². The van der Waals surface area contributed by atoms with E-state index in [-0.39, 0.29) is 19.4 Å².